The van der Waals surface area contributed by atoms with Crippen molar-refractivity contribution < 1.29 is 0 Å². The second-order valence-corrected chi connectivity index (χ2v) is 3.94. The largest absolute Gasteiger partial charge is 0.399 e. The average Bonchev–Trinajstić information content (AvgIpc) is 2.60. The van der Waals surface area contributed by atoms with E-state index >= 15 is 0 Å². The lowest BCUT2D eigenvalue weighted by molar-refractivity contribution is 0.102. The third-order valence-corrected chi connectivity index (χ3v) is 2.70. The molecule has 3 N–H and O–H groups in total. The van der Waals surface area contributed by atoms with Crippen LogP contribution in [0.2, 0.25) is 0 Å². The zero-order chi connectivity index (χ0) is 11.5. The van der Waals surface area contributed by atoms with Gasteiger partial charge in [0.1, 0.15) is 0 Å². The second kappa shape index (κ2) is 4.40. The lowest BCUT2D eigenvalue weighted by Gasteiger charge is -2.37. The number of rotatable bonds is 4. The average molecular weight is 218 g/mol. The normalized spacial score (nSPS) is 21.1. The Kier molecular flexibility index (Phi) is 2.96. The Balaban J connectivity index is 2.09. The van der Waals surface area contributed by atoms with Crippen LogP contribution in [-0.2, 0) is 0 Å². The van der Waals surface area contributed by atoms with Crippen LogP contribution in [0.15, 0.2) is 41.7 Å². The molecule has 2 rings (SSSR count). The molecule has 0 amide bonds. The number of hydrogen-bond donors (Lipinski definition) is 2. The van der Waals surface area contributed by atoms with Gasteiger partial charge < -0.3 is 21.4 Å². The highest BCUT2D eigenvalue weighted by molar-refractivity contribution is 6.10. The van der Waals surface area contributed by atoms with Gasteiger partial charge in [-0.3, -0.25) is 0 Å². The molecule has 2 aliphatic rings. The number of nitrogens with two attached hydrogens (primary N) is 1. The molecule has 0 atom stereocenters. The first-order valence-electron chi connectivity index (χ1n) is 5.34. The predicted molar refractivity (Wildman–Crippen MR) is 65.0 cm³/mol. The van der Waals surface area contributed by atoms with Crippen molar-refractivity contribution in [2.75, 3.05) is 0 Å². The van der Waals surface area contributed by atoms with E-state index in [0.717, 1.165) is 18.4 Å². The van der Waals surface area contributed by atoms with Crippen molar-refractivity contribution in [3.05, 3.63) is 42.0 Å². The van der Waals surface area contributed by atoms with Gasteiger partial charge in [-0.2, -0.15) is 0 Å². The van der Waals surface area contributed by atoms with Crippen LogP contribution in [0.5, 0.6) is 0 Å². The van der Waals surface area contributed by atoms with Crippen molar-refractivity contribution in [1.82, 2.24) is 10.7 Å². The number of hydrazine groups is 1. The van der Waals surface area contributed by atoms with E-state index in [-0.39, 0.29) is 0 Å². The van der Waals surface area contributed by atoms with Crippen molar-refractivity contribution in [3.8, 4) is 0 Å². The Morgan fingerprint density at radius 1 is 1.62 bits per heavy atom. The summed E-state index contributed by atoms with van der Waals surface area (Å²) in [5.74, 6) is 0.605. The first-order valence-corrected chi connectivity index (χ1v) is 5.34. The fourth-order valence-corrected chi connectivity index (χ4v) is 1.58. The predicted octanol–water partition coefficient (Wildman–Crippen LogP) is 1.55. The number of allylic oxidation sites excluding steroid dienone is 1. The van der Waals surface area contributed by atoms with Crippen LogP contribution in [0.4, 0.5) is 0 Å². The Morgan fingerprint density at radius 3 is 2.88 bits per heavy atom. The van der Waals surface area contributed by atoms with E-state index in [0.29, 0.717) is 17.6 Å². The first kappa shape index (κ1) is 10.8. The van der Waals surface area contributed by atoms with E-state index in [9.17, 15) is 0 Å². The molecule has 0 aromatic rings. The maximum atomic E-state index is 5.52. The highest BCUT2D eigenvalue weighted by Crippen LogP contribution is 2.26. The zero-order valence-electron chi connectivity index (χ0n) is 9.19. The summed E-state index contributed by atoms with van der Waals surface area (Å²) in [5.41, 5.74) is 13.8. The van der Waals surface area contributed by atoms with E-state index in [1.165, 1.54) is 6.42 Å². The van der Waals surface area contributed by atoms with E-state index < -0.39 is 0 Å². The molecule has 1 aliphatic carbocycles. The van der Waals surface area contributed by atoms with Gasteiger partial charge in [0.15, 0.2) is 0 Å². The van der Waals surface area contributed by atoms with Crippen molar-refractivity contribution in [3.63, 3.8) is 0 Å². The van der Waals surface area contributed by atoms with Crippen LogP contribution in [0.25, 0.3) is 5.43 Å². The van der Waals surface area contributed by atoms with Crippen molar-refractivity contribution in [2.45, 2.75) is 25.3 Å². The molecular formula is C11H16N5-. The smallest absolute Gasteiger partial charge is 0.0441 e. The molecule has 0 spiro atoms. The molecule has 1 heterocycles. The Hall–Kier alpha value is -1.75. The van der Waals surface area contributed by atoms with Crippen LogP contribution in [0.3, 0.4) is 0 Å². The topological polar surface area (TPSA) is 67.8 Å². The summed E-state index contributed by atoms with van der Waals surface area (Å²) in [6.45, 7) is 7.33. The highest BCUT2D eigenvalue weighted by Gasteiger charge is 2.22. The van der Waals surface area contributed by atoms with Crippen LogP contribution in [0, 0.1) is 0 Å². The van der Waals surface area contributed by atoms with Gasteiger partial charge in [0.05, 0.1) is 0 Å². The third-order valence-electron chi connectivity index (χ3n) is 2.70. The quantitative estimate of drug-likeness (QED) is 0.703. The van der Waals surface area contributed by atoms with Crippen LogP contribution >= 0.6 is 0 Å². The number of nitrogens with zero attached hydrogens (tertiary/aromatic N) is 3. The Labute approximate surface area is 95.3 Å². The second-order valence-electron chi connectivity index (χ2n) is 3.94. The van der Waals surface area contributed by atoms with Crippen LogP contribution in [0.1, 0.15) is 19.3 Å². The molecule has 1 fully saturated rings. The standard InChI is InChI=1S/C11H16N5/c1-3-9(7-8(2)12)11-13-15-16(14-11)10-5-4-6-10/h3,7,10,15H,1-2,4-6,12H2/q-1/b9-7+. The maximum Gasteiger partial charge on any atom is 0.0441 e. The van der Waals surface area contributed by atoms with Crippen LogP contribution in [-0.4, -0.2) is 17.0 Å². The van der Waals surface area contributed by atoms with E-state index in [1.807, 2.05) is 0 Å². The van der Waals surface area contributed by atoms with Gasteiger partial charge >= 0.3 is 0 Å². The monoisotopic (exact) mass is 218 g/mol. The minimum Gasteiger partial charge on any atom is -0.399 e. The van der Waals surface area contributed by atoms with Crippen molar-refractivity contribution in [1.29, 1.82) is 0 Å². The minimum atomic E-state index is 0.466. The molecule has 16 heavy (non-hydrogen) atoms. The first-order chi connectivity index (χ1) is 7.70. The molecule has 0 aromatic heterocycles. The highest BCUT2D eigenvalue weighted by atomic mass is 15.9. The summed E-state index contributed by atoms with van der Waals surface area (Å²) >= 11 is 0. The lowest BCUT2D eigenvalue weighted by Crippen LogP contribution is -2.40. The molecule has 5 nitrogen and oxygen atoms in total. The van der Waals surface area contributed by atoms with Gasteiger partial charge in [0.2, 0.25) is 0 Å². The summed E-state index contributed by atoms with van der Waals surface area (Å²) < 4.78 is 0. The molecule has 5 heteroatoms. The number of amidine groups is 1. The number of hydrazone groups is 1. The van der Waals surface area contributed by atoms with Gasteiger partial charge in [-0.1, -0.05) is 19.2 Å². The molecule has 0 radical (unpaired) electrons. The third kappa shape index (κ3) is 2.09. The molecule has 0 unspecified atom stereocenters. The summed E-state index contributed by atoms with van der Waals surface area (Å²) in [7, 11) is 0. The minimum absolute atomic E-state index is 0.466. The summed E-state index contributed by atoms with van der Waals surface area (Å²) in [6, 6.07) is 0.466. The lowest BCUT2D eigenvalue weighted by atomic mass is 9.94. The molecule has 1 saturated carbocycles. The summed E-state index contributed by atoms with van der Waals surface area (Å²) in [4.78, 5) is 0. The molecule has 86 valence electrons. The molecule has 1 aliphatic heterocycles. The summed E-state index contributed by atoms with van der Waals surface area (Å²) in [5, 5.41) is 6.17. The molecular weight excluding hydrogens is 202 g/mol. The molecule has 0 bridgehead atoms. The zero-order valence-corrected chi connectivity index (χ0v) is 9.19. The summed E-state index contributed by atoms with van der Waals surface area (Å²) in [6.07, 6.45) is 6.97. The van der Waals surface area contributed by atoms with Gasteiger partial charge in [0, 0.05) is 11.7 Å². The molecule has 0 saturated heterocycles. The van der Waals surface area contributed by atoms with Crippen LogP contribution < -0.4 is 11.3 Å². The van der Waals surface area contributed by atoms with E-state index in [1.54, 1.807) is 17.3 Å². The van der Waals surface area contributed by atoms with Gasteiger partial charge in [-0.25, -0.2) is 5.53 Å². The fraction of sp³-hybridized carbons (Fsp3) is 0.364. The Bertz CT molecular complexity index is 365. The van der Waals surface area contributed by atoms with Crippen molar-refractivity contribution in [2.24, 2.45) is 10.8 Å². The van der Waals surface area contributed by atoms with Crippen molar-refractivity contribution >= 4 is 5.84 Å². The van der Waals surface area contributed by atoms with Gasteiger partial charge in [0.25, 0.3) is 0 Å². The maximum absolute atomic E-state index is 5.52. The fourth-order valence-electron chi connectivity index (χ4n) is 1.58. The Morgan fingerprint density at radius 2 is 2.38 bits per heavy atom. The molecule has 0 aromatic carbocycles. The number of nitrogens with one attached hydrogen (secondary N) is 1. The van der Waals surface area contributed by atoms with Gasteiger partial charge in [-0.15, -0.1) is 0 Å². The van der Waals surface area contributed by atoms with Gasteiger partial charge in [-0.05, 0) is 36.7 Å². The van der Waals surface area contributed by atoms with E-state index in [4.69, 9.17) is 5.73 Å². The van der Waals surface area contributed by atoms with E-state index in [2.05, 4.69) is 29.2 Å². The number of hydrogen-bond acceptors (Lipinski definition) is 4. The SMILES string of the molecule is C=C/C(=C\C(=C)N)C1=NN(C2CCC2)N[N-]1.